The Labute approximate surface area is 119 Å². The number of carbonyl (C=O) groups is 2. The van der Waals surface area contributed by atoms with E-state index < -0.39 is 12.0 Å². The standard InChI is InChI=1S/C15H22N2O3/c1-10(2)14(15(19)20-3)17-13(18)9-8-11-6-4-5-7-12(11)16/h4-7,10,14H,8-9,16H2,1-3H3,(H,17,18)/t14-/m0/s1. The van der Waals surface area contributed by atoms with Crippen molar-refractivity contribution in [2.75, 3.05) is 12.8 Å². The Hall–Kier alpha value is -2.04. The highest BCUT2D eigenvalue weighted by molar-refractivity contribution is 5.84. The van der Waals surface area contributed by atoms with Crippen molar-refractivity contribution in [2.45, 2.75) is 32.7 Å². The van der Waals surface area contributed by atoms with E-state index in [1.807, 2.05) is 32.0 Å². The Balaban J connectivity index is 2.55. The van der Waals surface area contributed by atoms with Crippen LogP contribution in [0.15, 0.2) is 24.3 Å². The van der Waals surface area contributed by atoms with Crippen molar-refractivity contribution in [1.82, 2.24) is 5.32 Å². The molecule has 3 N–H and O–H groups in total. The van der Waals surface area contributed by atoms with Gasteiger partial charge < -0.3 is 15.8 Å². The van der Waals surface area contributed by atoms with Gasteiger partial charge in [-0.05, 0) is 24.0 Å². The molecule has 1 rings (SSSR count). The lowest BCUT2D eigenvalue weighted by Gasteiger charge is -2.19. The number of aryl methyl sites for hydroxylation is 1. The molecule has 0 spiro atoms. The third kappa shape index (κ3) is 4.57. The average molecular weight is 278 g/mol. The number of hydrogen-bond donors (Lipinski definition) is 2. The largest absolute Gasteiger partial charge is 0.467 e. The maximum Gasteiger partial charge on any atom is 0.328 e. The van der Waals surface area contributed by atoms with Gasteiger partial charge in [-0.3, -0.25) is 4.79 Å². The average Bonchev–Trinajstić information content (AvgIpc) is 2.42. The summed E-state index contributed by atoms with van der Waals surface area (Å²) in [7, 11) is 1.31. The van der Waals surface area contributed by atoms with Crippen LogP contribution in [0.4, 0.5) is 5.69 Å². The van der Waals surface area contributed by atoms with Crippen molar-refractivity contribution in [3.05, 3.63) is 29.8 Å². The van der Waals surface area contributed by atoms with E-state index in [1.165, 1.54) is 7.11 Å². The van der Waals surface area contributed by atoms with E-state index in [1.54, 1.807) is 6.07 Å². The number of carbonyl (C=O) groups excluding carboxylic acids is 2. The molecule has 0 saturated heterocycles. The molecule has 110 valence electrons. The normalized spacial score (nSPS) is 12.0. The van der Waals surface area contributed by atoms with E-state index >= 15 is 0 Å². The fourth-order valence-electron chi connectivity index (χ4n) is 1.88. The van der Waals surface area contributed by atoms with E-state index in [-0.39, 0.29) is 18.2 Å². The first-order valence-corrected chi connectivity index (χ1v) is 6.66. The second-order valence-electron chi connectivity index (χ2n) is 5.01. The molecule has 1 aromatic carbocycles. The maximum atomic E-state index is 11.9. The number of ether oxygens (including phenoxy) is 1. The number of hydrogen-bond acceptors (Lipinski definition) is 4. The SMILES string of the molecule is COC(=O)[C@@H](NC(=O)CCc1ccccc1N)C(C)C. The first-order valence-electron chi connectivity index (χ1n) is 6.66. The molecule has 0 radical (unpaired) electrons. The van der Waals surface area contributed by atoms with Crippen molar-refractivity contribution in [3.63, 3.8) is 0 Å². The number of methoxy groups -OCH3 is 1. The van der Waals surface area contributed by atoms with Crippen LogP contribution < -0.4 is 11.1 Å². The molecule has 0 saturated carbocycles. The van der Waals surface area contributed by atoms with Crippen LogP contribution in [-0.2, 0) is 20.7 Å². The van der Waals surface area contributed by atoms with Gasteiger partial charge in [0.05, 0.1) is 7.11 Å². The first-order chi connectivity index (χ1) is 9.45. The predicted molar refractivity (Wildman–Crippen MR) is 78.0 cm³/mol. The van der Waals surface area contributed by atoms with Crippen LogP contribution in [0.5, 0.6) is 0 Å². The number of anilines is 1. The van der Waals surface area contributed by atoms with E-state index in [2.05, 4.69) is 10.1 Å². The maximum absolute atomic E-state index is 11.9. The second-order valence-corrected chi connectivity index (χ2v) is 5.01. The van der Waals surface area contributed by atoms with Crippen LogP contribution >= 0.6 is 0 Å². The summed E-state index contributed by atoms with van der Waals surface area (Å²) in [5.74, 6) is -0.627. The molecule has 1 aromatic rings. The van der Waals surface area contributed by atoms with Crippen molar-refractivity contribution in [3.8, 4) is 0 Å². The summed E-state index contributed by atoms with van der Waals surface area (Å²) in [6.45, 7) is 3.72. The summed E-state index contributed by atoms with van der Waals surface area (Å²) in [5.41, 5.74) is 7.43. The Bertz CT molecular complexity index is 472. The summed E-state index contributed by atoms with van der Waals surface area (Å²) in [4.78, 5) is 23.5. The highest BCUT2D eigenvalue weighted by Crippen LogP contribution is 2.13. The number of nitrogens with one attached hydrogen (secondary N) is 1. The molecule has 0 aliphatic carbocycles. The van der Waals surface area contributed by atoms with E-state index in [0.717, 1.165) is 5.56 Å². The number of rotatable bonds is 6. The molecule has 1 amide bonds. The Morgan fingerprint density at radius 3 is 2.50 bits per heavy atom. The van der Waals surface area contributed by atoms with Crippen molar-refractivity contribution >= 4 is 17.6 Å². The zero-order valence-electron chi connectivity index (χ0n) is 12.2. The molecule has 0 bridgehead atoms. The number of esters is 1. The Morgan fingerprint density at radius 1 is 1.30 bits per heavy atom. The minimum Gasteiger partial charge on any atom is -0.467 e. The minimum atomic E-state index is -0.611. The van der Waals surface area contributed by atoms with Gasteiger partial charge in [-0.2, -0.15) is 0 Å². The molecule has 0 unspecified atom stereocenters. The summed E-state index contributed by atoms with van der Waals surface area (Å²) >= 11 is 0. The lowest BCUT2D eigenvalue weighted by Crippen LogP contribution is -2.45. The molecule has 5 heteroatoms. The van der Waals surface area contributed by atoms with Crippen LogP contribution in [0.2, 0.25) is 0 Å². The van der Waals surface area contributed by atoms with E-state index in [9.17, 15) is 9.59 Å². The molecular formula is C15H22N2O3. The molecule has 0 heterocycles. The number of nitrogens with two attached hydrogens (primary N) is 1. The Kier molecular flexibility index (Phi) is 6.03. The van der Waals surface area contributed by atoms with Gasteiger partial charge in [0.15, 0.2) is 0 Å². The quantitative estimate of drug-likeness (QED) is 0.610. The topological polar surface area (TPSA) is 81.4 Å². The number of para-hydroxylation sites is 1. The molecule has 0 aromatic heterocycles. The number of amides is 1. The monoisotopic (exact) mass is 278 g/mol. The van der Waals surface area contributed by atoms with Gasteiger partial charge >= 0.3 is 5.97 Å². The molecule has 20 heavy (non-hydrogen) atoms. The summed E-state index contributed by atoms with van der Waals surface area (Å²) in [6.07, 6.45) is 0.832. The van der Waals surface area contributed by atoms with Gasteiger partial charge in [0, 0.05) is 12.1 Å². The fourth-order valence-corrected chi connectivity index (χ4v) is 1.88. The molecular weight excluding hydrogens is 256 g/mol. The van der Waals surface area contributed by atoms with Crippen molar-refractivity contribution in [1.29, 1.82) is 0 Å². The fraction of sp³-hybridized carbons (Fsp3) is 0.467. The van der Waals surface area contributed by atoms with Crippen LogP contribution in [0.25, 0.3) is 0 Å². The predicted octanol–water partition coefficient (Wildman–Crippen LogP) is 1.52. The van der Waals surface area contributed by atoms with Crippen molar-refractivity contribution in [2.24, 2.45) is 5.92 Å². The van der Waals surface area contributed by atoms with Crippen molar-refractivity contribution < 1.29 is 14.3 Å². The van der Waals surface area contributed by atoms with E-state index in [0.29, 0.717) is 12.1 Å². The number of nitrogen functional groups attached to an aromatic ring is 1. The lowest BCUT2D eigenvalue weighted by atomic mass is 10.0. The van der Waals surface area contributed by atoms with Gasteiger partial charge in [-0.1, -0.05) is 32.0 Å². The summed E-state index contributed by atoms with van der Waals surface area (Å²) in [6, 6.07) is 6.82. The molecule has 1 atom stereocenters. The minimum absolute atomic E-state index is 0.0202. The third-order valence-corrected chi connectivity index (χ3v) is 3.11. The highest BCUT2D eigenvalue weighted by Gasteiger charge is 2.24. The van der Waals surface area contributed by atoms with Gasteiger partial charge in [-0.15, -0.1) is 0 Å². The summed E-state index contributed by atoms with van der Waals surface area (Å²) < 4.78 is 4.68. The molecule has 0 aliphatic heterocycles. The zero-order chi connectivity index (χ0) is 15.1. The molecule has 0 aliphatic rings. The van der Waals surface area contributed by atoms with Crippen LogP contribution in [0, 0.1) is 5.92 Å². The number of benzene rings is 1. The zero-order valence-corrected chi connectivity index (χ0v) is 12.2. The van der Waals surface area contributed by atoms with Crippen LogP contribution in [0.3, 0.4) is 0 Å². The highest BCUT2D eigenvalue weighted by atomic mass is 16.5. The molecule has 5 nitrogen and oxygen atoms in total. The molecule has 0 fully saturated rings. The second kappa shape index (κ2) is 7.53. The smallest absolute Gasteiger partial charge is 0.328 e. The van der Waals surface area contributed by atoms with Gasteiger partial charge in [0.1, 0.15) is 6.04 Å². The van der Waals surface area contributed by atoms with Gasteiger partial charge in [0.2, 0.25) is 5.91 Å². The third-order valence-electron chi connectivity index (χ3n) is 3.11. The Morgan fingerprint density at radius 2 is 1.95 bits per heavy atom. The van der Waals surface area contributed by atoms with E-state index in [4.69, 9.17) is 5.73 Å². The first kappa shape index (κ1) is 16.0. The van der Waals surface area contributed by atoms with Crippen LogP contribution in [0.1, 0.15) is 25.8 Å². The van der Waals surface area contributed by atoms with Crippen LogP contribution in [-0.4, -0.2) is 25.0 Å². The lowest BCUT2D eigenvalue weighted by molar-refractivity contribution is -0.146. The van der Waals surface area contributed by atoms with Gasteiger partial charge in [-0.25, -0.2) is 4.79 Å². The summed E-state index contributed by atoms with van der Waals surface area (Å²) in [5, 5.41) is 2.70. The van der Waals surface area contributed by atoms with Gasteiger partial charge in [0.25, 0.3) is 0 Å².